The highest BCUT2D eigenvalue weighted by Gasteiger charge is 2.45. The number of imidazole rings is 1. The average molecular weight is 443 g/mol. The number of aliphatic hydroxyl groups is 3. The number of hydrazone groups is 1. The van der Waals surface area contributed by atoms with Crippen LogP contribution in [0.2, 0.25) is 0 Å². The van der Waals surface area contributed by atoms with E-state index < -0.39 is 31.1 Å². The van der Waals surface area contributed by atoms with Crippen LogP contribution in [-0.2, 0) is 4.74 Å². The van der Waals surface area contributed by atoms with Crippen molar-refractivity contribution in [3.63, 3.8) is 0 Å². The molecule has 0 spiro atoms. The number of nitrogen functional groups attached to an aromatic ring is 1. The predicted molar refractivity (Wildman–Crippen MR) is 116 cm³/mol. The molecule has 1 saturated heterocycles. The number of nitrogens with one attached hydrogen (secondary N) is 1. The molecule has 4 rings (SSSR count). The van der Waals surface area contributed by atoms with Gasteiger partial charge in [-0.2, -0.15) is 5.10 Å². The summed E-state index contributed by atoms with van der Waals surface area (Å²) in [5, 5.41) is 34.4. The van der Waals surface area contributed by atoms with E-state index in [-0.39, 0.29) is 22.9 Å². The van der Waals surface area contributed by atoms with Gasteiger partial charge in [-0.3, -0.25) is 4.57 Å². The largest absolute Gasteiger partial charge is 0.493 e. The number of para-hydroxylation sites is 1. The van der Waals surface area contributed by atoms with E-state index >= 15 is 0 Å². The van der Waals surface area contributed by atoms with Crippen LogP contribution in [0.25, 0.3) is 11.2 Å². The molecular weight excluding hydrogens is 418 g/mol. The Kier molecular flexibility index (Phi) is 6.46. The number of ether oxygens (including phenoxy) is 2. The highest BCUT2D eigenvalue weighted by atomic mass is 16.6. The molecule has 6 N–H and O–H groups in total. The van der Waals surface area contributed by atoms with E-state index in [0.717, 1.165) is 12.0 Å². The summed E-state index contributed by atoms with van der Waals surface area (Å²) >= 11 is 0. The maximum Gasteiger partial charge on any atom is 0.228 e. The van der Waals surface area contributed by atoms with Gasteiger partial charge in [-0.25, -0.2) is 20.4 Å². The van der Waals surface area contributed by atoms with Crippen molar-refractivity contribution in [3.05, 3.63) is 36.2 Å². The molecule has 1 aliphatic heterocycles. The van der Waals surface area contributed by atoms with Crippen LogP contribution >= 0.6 is 0 Å². The molecule has 0 aliphatic carbocycles. The van der Waals surface area contributed by atoms with E-state index in [2.05, 4.69) is 25.5 Å². The molecule has 12 nitrogen and oxygen atoms in total. The first kappa shape index (κ1) is 21.9. The summed E-state index contributed by atoms with van der Waals surface area (Å²) in [6.45, 7) is 2.14. The fraction of sp³-hybridized carbons (Fsp3) is 0.400. The van der Waals surface area contributed by atoms with E-state index in [4.69, 9.17) is 15.2 Å². The minimum absolute atomic E-state index is 0.130. The lowest BCUT2D eigenvalue weighted by Gasteiger charge is -2.18. The minimum atomic E-state index is -1.34. The smallest absolute Gasteiger partial charge is 0.228 e. The first-order chi connectivity index (χ1) is 15.5. The lowest BCUT2D eigenvalue weighted by Crippen LogP contribution is -2.33. The fourth-order valence-electron chi connectivity index (χ4n) is 3.43. The van der Waals surface area contributed by atoms with Crippen molar-refractivity contribution < 1.29 is 24.8 Å². The Bertz CT molecular complexity index is 1110. The summed E-state index contributed by atoms with van der Waals surface area (Å²) in [6.07, 6.45) is -0.980. The first-order valence-electron chi connectivity index (χ1n) is 10.2. The van der Waals surface area contributed by atoms with Gasteiger partial charge in [0.1, 0.15) is 30.4 Å². The Morgan fingerprint density at radius 2 is 2.09 bits per heavy atom. The Labute approximate surface area is 183 Å². The van der Waals surface area contributed by atoms with Crippen molar-refractivity contribution in [1.29, 1.82) is 0 Å². The molecule has 3 aromatic rings. The zero-order chi connectivity index (χ0) is 22.7. The number of aromatic nitrogens is 4. The van der Waals surface area contributed by atoms with Crippen LogP contribution in [-0.4, -0.2) is 72.6 Å². The lowest BCUT2D eigenvalue weighted by atomic mass is 10.1. The molecule has 3 heterocycles. The van der Waals surface area contributed by atoms with Crippen LogP contribution in [0.15, 0.2) is 35.7 Å². The molecule has 12 heteroatoms. The van der Waals surface area contributed by atoms with Gasteiger partial charge < -0.3 is 30.5 Å². The Hall–Kier alpha value is -3.32. The Balaban J connectivity index is 1.67. The van der Waals surface area contributed by atoms with E-state index in [1.54, 1.807) is 6.21 Å². The third-order valence-electron chi connectivity index (χ3n) is 5.03. The van der Waals surface area contributed by atoms with Gasteiger partial charge in [0.05, 0.1) is 19.4 Å². The summed E-state index contributed by atoms with van der Waals surface area (Å²) in [4.78, 5) is 12.5. The number of aliphatic hydroxyl groups excluding tert-OH is 3. The molecule has 0 amide bonds. The van der Waals surface area contributed by atoms with Crippen molar-refractivity contribution in [2.45, 2.75) is 37.9 Å². The molecule has 4 atom stereocenters. The summed E-state index contributed by atoms with van der Waals surface area (Å²) in [7, 11) is 0. The Morgan fingerprint density at radius 1 is 1.28 bits per heavy atom. The summed E-state index contributed by atoms with van der Waals surface area (Å²) in [6, 6.07) is 7.44. The highest BCUT2D eigenvalue weighted by molar-refractivity contribution is 5.85. The molecule has 1 aromatic carbocycles. The van der Waals surface area contributed by atoms with Crippen LogP contribution in [0.3, 0.4) is 0 Å². The maximum atomic E-state index is 10.5. The number of hydrogen-bond donors (Lipinski definition) is 5. The zero-order valence-corrected chi connectivity index (χ0v) is 17.4. The van der Waals surface area contributed by atoms with Crippen molar-refractivity contribution in [2.75, 3.05) is 24.4 Å². The van der Waals surface area contributed by atoms with Crippen LogP contribution < -0.4 is 15.9 Å². The SMILES string of the molecule is CCCOc1ccccc1/C=N/Nc1nc2c(N)ncnc2n1[C@@H]1O[C@H](CO)[C@@H](O)[C@H]1O. The molecule has 0 radical (unpaired) electrons. The van der Waals surface area contributed by atoms with E-state index in [0.29, 0.717) is 12.4 Å². The van der Waals surface area contributed by atoms with Gasteiger partial charge >= 0.3 is 0 Å². The molecule has 1 fully saturated rings. The maximum absolute atomic E-state index is 10.5. The summed E-state index contributed by atoms with van der Waals surface area (Å²) in [5.74, 6) is 0.975. The van der Waals surface area contributed by atoms with E-state index in [1.165, 1.54) is 10.9 Å². The van der Waals surface area contributed by atoms with Gasteiger partial charge in [0.2, 0.25) is 5.95 Å². The summed E-state index contributed by atoms with van der Waals surface area (Å²) < 4.78 is 12.8. The van der Waals surface area contributed by atoms with Gasteiger partial charge in [0.15, 0.2) is 23.2 Å². The van der Waals surface area contributed by atoms with E-state index in [9.17, 15) is 15.3 Å². The number of nitrogens with zero attached hydrogens (tertiary/aromatic N) is 5. The predicted octanol–water partition coefficient (Wildman–Crippen LogP) is 0.255. The highest BCUT2D eigenvalue weighted by Crippen LogP contribution is 2.35. The van der Waals surface area contributed by atoms with Gasteiger partial charge in [0, 0.05) is 5.56 Å². The number of rotatable bonds is 8. The molecule has 0 bridgehead atoms. The molecule has 2 aromatic heterocycles. The number of anilines is 2. The molecule has 0 unspecified atom stereocenters. The second-order valence-corrected chi connectivity index (χ2v) is 7.22. The Morgan fingerprint density at radius 3 is 2.84 bits per heavy atom. The number of benzene rings is 1. The number of nitrogens with two attached hydrogens (primary N) is 1. The van der Waals surface area contributed by atoms with Crippen LogP contribution in [0, 0.1) is 0 Å². The molecule has 0 saturated carbocycles. The molecule has 1 aliphatic rings. The summed E-state index contributed by atoms with van der Waals surface area (Å²) in [5.41, 5.74) is 10.1. The van der Waals surface area contributed by atoms with Gasteiger partial charge in [-0.05, 0) is 18.6 Å². The van der Waals surface area contributed by atoms with Gasteiger partial charge in [0.25, 0.3) is 0 Å². The third-order valence-corrected chi connectivity index (χ3v) is 5.03. The first-order valence-corrected chi connectivity index (χ1v) is 10.2. The van der Waals surface area contributed by atoms with Gasteiger partial charge in [-0.1, -0.05) is 19.1 Å². The van der Waals surface area contributed by atoms with Crippen LogP contribution in [0.5, 0.6) is 5.75 Å². The van der Waals surface area contributed by atoms with E-state index in [1.807, 2.05) is 31.2 Å². The standard InChI is InChI=1S/C20H25N7O5/c1-2-7-31-12-6-4-3-5-11(12)8-24-26-20-25-14-17(21)22-10-23-18(14)27(20)19-16(30)15(29)13(9-28)32-19/h3-6,8,10,13,15-16,19,28-30H,2,7,9H2,1H3,(H,25,26)(H2,21,22,23)/b24-8+/t13-,15-,16-,19-/m1/s1. The quantitative estimate of drug-likeness (QED) is 0.240. The fourth-order valence-corrected chi connectivity index (χ4v) is 3.43. The molecular formula is C20H25N7O5. The average Bonchev–Trinajstić information content (AvgIpc) is 3.31. The molecule has 170 valence electrons. The van der Waals surface area contributed by atoms with Crippen molar-refractivity contribution in [2.24, 2.45) is 5.10 Å². The van der Waals surface area contributed by atoms with Gasteiger partial charge in [-0.15, -0.1) is 0 Å². The van der Waals surface area contributed by atoms with Crippen molar-refractivity contribution >= 4 is 29.1 Å². The lowest BCUT2D eigenvalue weighted by molar-refractivity contribution is -0.0501. The normalized spacial score (nSPS) is 23.2. The topological polar surface area (TPSA) is 173 Å². The zero-order valence-electron chi connectivity index (χ0n) is 17.4. The second kappa shape index (κ2) is 9.44. The second-order valence-electron chi connectivity index (χ2n) is 7.22. The van der Waals surface area contributed by atoms with Crippen molar-refractivity contribution in [1.82, 2.24) is 19.5 Å². The third kappa shape index (κ3) is 4.08. The van der Waals surface area contributed by atoms with Crippen molar-refractivity contribution in [3.8, 4) is 5.75 Å². The monoisotopic (exact) mass is 443 g/mol. The number of fused-ring (bicyclic) bond motifs is 1. The molecule has 32 heavy (non-hydrogen) atoms. The van der Waals surface area contributed by atoms with Crippen LogP contribution in [0.1, 0.15) is 25.1 Å². The van der Waals surface area contributed by atoms with Crippen LogP contribution in [0.4, 0.5) is 11.8 Å². The minimum Gasteiger partial charge on any atom is -0.493 e. The number of hydrogen-bond acceptors (Lipinski definition) is 11.